The van der Waals surface area contributed by atoms with Crippen LogP contribution in [0.5, 0.6) is 0 Å². The fourth-order valence-electron chi connectivity index (χ4n) is 6.33. The Labute approximate surface area is 261 Å². The maximum Gasteiger partial charge on any atom is 0.106 e. The molecule has 234 valence electrons. The van der Waals surface area contributed by atoms with Gasteiger partial charge in [-0.05, 0) is 50.7 Å². The van der Waals surface area contributed by atoms with Crippen LogP contribution in [0.25, 0.3) is 0 Å². The Morgan fingerprint density at radius 1 is 0.450 bits per heavy atom. The van der Waals surface area contributed by atoms with Gasteiger partial charge in [-0.15, -0.1) is 0 Å². The molecule has 0 heterocycles. The van der Waals surface area contributed by atoms with E-state index in [2.05, 4.69) is 26.8 Å². The van der Waals surface area contributed by atoms with Gasteiger partial charge >= 0.3 is 0 Å². The fraction of sp³-hybridized carbons (Fsp3) is 0.838. The molecule has 0 aliphatic heterocycles. The number of quaternary nitrogens is 1. The second-order valence-corrected chi connectivity index (χ2v) is 13.7. The van der Waals surface area contributed by atoms with E-state index in [0.29, 0.717) is 0 Å². The number of halogens is 2. The number of hydrogen-bond donors (Lipinski definition) is 0. The Bertz CT molecular complexity index is 638. The summed E-state index contributed by atoms with van der Waals surface area (Å²) in [6.45, 7) is 11.9. The third-order valence-electron chi connectivity index (χ3n) is 8.98. The molecule has 0 spiro atoms. The second-order valence-electron chi connectivity index (χ2n) is 12.8. The van der Waals surface area contributed by atoms with E-state index in [1.807, 2.05) is 12.1 Å². The molecular formula is C37H68Cl2N+. The van der Waals surface area contributed by atoms with Crippen LogP contribution in [-0.2, 0) is 6.54 Å². The van der Waals surface area contributed by atoms with Gasteiger partial charge in [-0.25, -0.2) is 0 Å². The summed E-state index contributed by atoms with van der Waals surface area (Å²) in [6, 6.07) is 6.20. The molecule has 0 atom stereocenters. The van der Waals surface area contributed by atoms with Gasteiger partial charge < -0.3 is 4.48 Å². The van der Waals surface area contributed by atoms with Gasteiger partial charge in [-0.3, -0.25) is 0 Å². The minimum Gasteiger partial charge on any atom is -0.320 e. The summed E-state index contributed by atoms with van der Waals surface area (Å²) in [5, 5.41) is 1.61. The van der Waals surface area contributed by atoms with E-state index in [4.69, 9.17) is 23.2 Å². The Balaban J connectivity index is 2.77. The number of unbranched alkanes of at least 4 members (excludes halogenated alkanes) is 21. The molecule has 0 saturated heterocycles. The lowest BCUT2D eigenvalue weighted by atomic mass is 10.0. The minimum atomic E-state index is 0.751. The van der Waals surface area contributed by atoms with Crippen molar-refractivity contribution in [3.8, 4) is 0 Å². The van der Waals surface area contributed by atoms with E-state index < -0.39 is 0 Å². The molecule has 1 rings (SSSR count). The number of benzene rings is 1. The van der Waals surface area contributed by atoms with Crippen LogP contribution in [0.2, 0.25) is 10.0 Å². The van der Waals surface area contributed by atoms with Gasteiger partial charge in [0.1, 0.15) is 6.54 Å². The lowest BCUT2D eigenvalue weighted by Gasteiger charge is -2.40. The van der Waals surface area contributed by atoms with Gasteiger partial charge in [0.15, 0.2) is 0 Å². The lowest BCUT2D eigenvalue weighted by molar-refractivity contribution is -0.941. The maximum absolute atomic E-state index is 6.77. The number of rotatable bonds is 29. The van der Waals surface area contributed by atoms with Gasteiger partial charge in [-0.2, -0.15) is 0 Å². The molecule has 0 N–H and O–H groups in total. The first-order valence-electron chi connectivity index (χ1n) is 17.9. The van der Waals surface area contributed by atoms with E-state index in [1.165, 1.54) is 184 Å². The first-order valence-corrected chi connectivity index (χ1v) is 18.6. The molecule has 1 aromatic carbocycles. The van der Waals surface area contributed by atoms with Crippen molar-refractivity contribution in [2.75, 3.05) is 19.6 Å². The van der Waals surface area contributed by atoms with Gasteiger partial charge in [-0.1, -0.05) is 166 Å². The van der Waals surface area contributed by atoms with Crippen LogP contribution in [0.3, 0.4) is 0 Å². The van der Waals surface area contributed by atoms with Crippen molar-refractivity contribution in [3.63, 3.8) is 0 Å². The molecule has 0 radical (unpaired) electrons. The molecule has 3 heteroatoms. The smallest absolute Gasteiger partial charge is 0.106 e. The highest BCUT2D eigenvalue weighted by molar-refractivity contribution is 6.35. The van der Waals surface area contributed by atoms with Gasteiger partial charge in [0.05, 0.1) is 24.7 Å². The summed E-state index contributed by atoms with van der Waals surface area (Å²) in [6.07, 6.45) is 33.4. The molecule has 0 aliphatic rings. The highest BCUT2D eigenvalue weighted by Gasteiger charge is 2.28. The molecule has 0 saturated carbocycles. The first kappa shape index (κ1) is 37.8. The van der Waals surface area contributed by atoms with E-state index in [9.17, 15) is 0 Å². The molecule has 0 bridgehead atoms. The van der Waals surface area contributed by atoms with Crippen LogP contribution in [0.4, 0.5) is 0 Å². The molecule has 0 amide bonds. The molecule has 0 aromatic heterocycles. The zero-order chi connectivity index (χ0) is 29.2. The summed E-state index contributed by atoms with van der Waals surface area (Å²) in [5.74, 6) is 0. The Kier molecular flexibility index (Phi) is 24.9. The summed E-state index contributed by atoms with van der Waals surface area (Å²) in [5.41, 5.74) is 1.30. The molecule has 1 nitrogen and oxygen atoms in total. The van der Waals surface area contributed by atoms with Crippen molar-refractivity contribution in [1.82, 2.24) is 0 Å². The van der Waals surface area contributed by atoms with Crippen LogP contribution >= 0.6 is 23.2 Å². The summed E-state index contributed by atoms with van der Waals surface area (Å²) in [4.78, 5) is 0. The Morgan fingerprint density at radius 2 is 0.775 bits per heavy atom. The summed E-state index contributed by atoms with van der Waals surface area (Å²) >= 11 is 13.1. The zero-order valence-corrected chi connectivity index (χ0v) is 28.7. The Morgan fingerprint density at radius 3 is 1.10 bits per heavy atom. The van der Waals surface area contributed by atoms with Crippen LogP contribution in [-0.4, -0.2) is 24.1 Å². The third-order valence-corrected chi connectivity index (χ3v) is 9.57. The molecule has 0 aliphatic carbocycles. The lowest BCUT2D eigenvalue weighted by Crippen LogP contribution is -2.49. The largest absolute Gasteiger partial charge is 0.320 e. The zero-order valence-electron chi connectivity index (χ0n) is 27.2. The first-order chi connectivity index (χ1) is 19.6. The normalized spacial score (nSPS) is 11.9. The standard InChI is InChI=1S/C37H68Cl2N/c1-4-7-10-13-16-19-22-25-30-40(31-26-23-20-17-14-11-8-5-2,32-27-24-21-18-15-12-9-6-3)34-35-28-29-36(38)33-37(35)39/h28-29,33H,4-27,30-32,34H2,1-3H3/q+1. The summed E-state index contributed by atoms with van der Waals surface area (Å²) < 4.78 is 1.23. The molecule has 0 fully saturated rings. The molecule has 0 unspecified atom stereocenters. The van der Waals surface area contributed by atoms with Gasteiger partial charge in [0.25, 0.3) is 0 Å². The van der Waals surface area contributed by atoms with Crippen molar-refractivity contribution in [3.05, 3.63) is 33.8 Å². The Hall–Kier alpha value is -0.240. The highest BCUT2D eigenvalue weighted by atomic mass is 35.5. The van der Waals surface area contributed by atoms with Crippen molar-refractivity contribution >= 4 is 23.2 Å². The predicted octanol–water partition coefficient (Wildman–Crippen LogP) is 13.7. The number of nitrogens with zero attached hydrogens (tertiary/aromatic N) is 1. The van der Waals surface area contributed by atoms with Gasteiger partial charge in [0.2, 0.25) is 0 Å². The van der Waals surface area contributed by atoms with Crippen molar-refractivity contribution in [2.24, 2.45) is 0 Å². The fourth-order valence-corrected chi connectivity index (χ4v) is 6.80. The topological polar surface area (TPSA) is 0 Å². The highest BCUT2D eigenvalue weighted by Crippen LogP contribution is 2.28. The number of hydrogen-bond acceptors (Lipinski definition) is 0. The maximum atomic E-state index is 6.77. The van der Waals surface area contributed by atoms with E-state index in [-0.39, 0.29) is 0 Å². The van der Waals surface area contributed by atoms with Crippen LogP contribution < -0.4 is 0 Å². The van der Waals surface area contributed by atoms with E-state index in [0.717, 1.165) is 16.6 Å². The van der Waals surface area contributed by atoms with Crippen molar-refractivity contribution in [2.45, 2.75) is 181 Å². The quantitative estimate of drug-likeness (QED) is 0.0636. The third kappa shape index (κ3) is 19.8. The van der Waals surface area contributed by atoms with Crippen LogP contribution in [0, 0.1) is 0 Å². The van der Waals surface area contributed by atoms with E-state index in [1.54, 1.807) is 0 Å². The SMILES string of the molecule is CCCCCCCCCC[N+](CCCCCCCCCC)(CCCCCCCCCC)Cc1ccc(Cl)cc1Cl. The van der Waals surface area contributed by atoms with Crippen molar-refractivity contribution in [1.29, 1.82) is 0 Å². The minimum absolute atomic E-state index is 0.751. The van der Waals surface area contributed by atoms with Crippen LogP contribution in [0.1, 0.15) is 180 Å². The summed E-state index contributed by atoms with van der Waals surface area (Å²) in [7, 11) is 0. The average molecular weight is 598 g/mol. The van der Waals surface area contributed by atoms with Gasteiger partial charge in [0, 0.05) is 10.6 Å². The monoisotopic (exact) mass is 596 g/mol. The molecule has 1 aromatic rings. The van der Waals surface area contributed by atoms with Crippen molar-refractivity contribution < 1.29 is 4.48 Å². The molecule has 40 heavy (non-hydrogen) atoms. The van der Waals surface area contributed by atoms with E-state index >= 15 is 0 Å². The average Bonchev–Trinajstić information content (AvgIpc) is 2.94. The second kappa shape index (κ2) is 26.4. The van der Waals surface area contributed by atoms with Crippen LogP contribution in [0.15, 0.2) is 18.2 Å². The molecular weight excluding hydrogens is 529 g/mol. The predicted molar refractivity (Wildman–Crippen MR) is 183 cm³/mol.